The van der Waals surface area contributed by atoms with E-state index in [1.54, 1.807) is 18.4 Å². The number of halogens is 1. The Kier molecular flexibility index (Phi) is 6.53. The van der Waals surface area contributed by atoms with Crippen LogP contribution in [0.2, 0.25) is 5.02 Å². The lowest BCUT2D eigenvalue weighted by molar-refractivity contribution is -0.111. The molecule has 4 aromatic carbocycles. The highest BCUT2D eigenvalue weighted by atomic mass is 35.5. The lowest BCUT2D eigenvalue weighted by Gasteiger charge is -2.12. The highest BCUT2D eigenvalue weighted by Gasteiger charge is 2.17. The summed E-state index contributed by atoms with van der Waals surface area (Å²) in [5, 5.41) is 6.83. The first kappa shape index (κ1) is 23.7. The van der Waals surface area contributed by atoms with Crippen molar-refractivity contribution in [1.29, 1.82) is 0 Å². The third kappa shape index (κ3) is 4.48. The van der Waals surface area contributed by atoms with Crippen molar-refractivity contribution in [2.45, 2.75) is 20.8 Å². The molecule has 0 aliphatic rings. The maximum Gasteiger partial charge on any atom is 0.248 e. The first-order valence-corrected chi connectivity index (χ1v) is 12.2. The molecule has 1 amide bonds. The van der Waals surface area contributed by atoms with Gasteiger partial charge in [0.2, 0.25) is 5.91 Å². The summed E-state index contributed by atoms with van der Waals surface area (Å²) in [4.78, 5) is 12.9. The minimum atomic E-state index is -0.234. The number of carbonyl (C=O) groups is 1. The average molecular weight is 496 g/mol. The van der Waals surface area contributed by atoms with Crippen LogP contribution < -0.4 is 10.1 Å². The van der Waals surface area contributed by atoms with Crippen molar-refractivity contribution in [1.82, 2.24) is 0 Å². The van der Waals surface area contributed by atoms with Crippen LogP contribution in [0.3, 0.4) is 0 Å². The number of benzene rings is 4. The summed E-state index contributed by atoms with van der Waals surface area (Å²) in [7, 11) is 0. The highest BCUT2D eigenvalue weighted by Crippen LogP contribution is 2.39. The number of anilines is 1. The molecule has 5 aromatic rings. The van der Waals surface area contributed by atoms with Gasteiger partial charge >= 0.3 is 0 Å². The van der Waals surface area contributed by atoms with Gasteiger partial charge in [-0.05, 0) is 66.4 Å². The Morgan fingerprint density at radius 3 is 2.61 bits per heavy atom. The van der Waals surface area contributed by atoms with Crippen LogP contribution in [0, 0.1) is 6.92 Å². The summed E-state index contributed by atoms with van der Waals surface area (Å²) in [6.07, 6.45) is 3.38. The van der Waals surface area contributed by atoms with Crippen molar-refractivity contribution in [2.24, 2.45) is 0 Å². The second kappa shape index (κ2) is 9.92. The summed E-state index contributed by atoms with van der Waals surface area (Å²) in [6, 6.07) is 24.0. The second-order valence-electron chi connectivity index (χ2n) is 8.68. The Bertz CT molecular complexity index is 1630. The Morgan fingerprint density at radius 2 is 1.78 bits per heavy atom. The number of hydrogen-bond acceptors (Lipinski definition) is 3. The monoisotopic (exact) mass is 495 g/mol. The molecule has 0 aliphatic heterocycles. The fraction of sp³-hybridized carbons (Fsp3) is 0.129. The third-order valence-electron chi connectivity index (χ3n) is 6.35. The molecule has 0 radical (unpaired) electrons. The first-order chi connectivity index (χ1) is 17.5. The number of rotatable bonds is 6. The van der Waals surface area contributed by atoms with E-state index in [0.29, 0.717) is 23.1 Å². The van der Waals surface area contributed by atoms with Crippen molar-refractivity contribution in [3.63, 3.8) is 0 Å². The molecule has 5 rings (SSSR count). The molecular weight excluding hydrogens is 470 g/mol. The van der Waals surface area contributed by atoms with E-state index in [1.807, 2.05) is 57.2 Å². The minimum Gasteiger partial charge on any atom is -0.493 e. The molecule has 1 N–H and O–H groups in total. The van der Waals surface area contributed by atoms with Gasteiger partial charge in [0.1, 0.15) is 11.3 Å². The fourth-order valence-corrected chi connectivity index (χ4v) is 4.67. The van der Waals surface area contributed by atoms with Crippen LogP contribution in [0.1, 0.15) is 25.0 Å². The SMILES string of the molecule is CCOc1cc2occ(-c3cccc4ccccc34)c2cc1/C(C)=C/C(=O)Nc1cccc(Cl)c1C. The predicted octanol–water partition coefficient (Wildman–Crippen LogP) is 8.66. The van der Waals surface area contributed by atoms with Gasteiger partial charge in [0.15, 0.2) is 0 Å². The molecular formula is C31H26ClNO3. The van der Waals surface area contributed by atoms with Gasteiger partial charge in [-0.3, -0.25) is 4.79 Å². The molecule has 0 spiro atoms. The van der Waals surface area contributed by atoms with Crippen LogP contribution in [0.25, 0.3) is 38.4 Å². The largest absolute Gasteiger partial charge is 0.493 e. The number of nitrogens with one attached hydrogen (secondary N) is 1. The van der Waals surface area contributed by atoms with E-state index in [9.17, 15) is 4.79 Å². The van der Waals surface area contributed by atoms with Gasteiger partial charge in [-0.2, -0.15) is 0 Å². The molecule has 0 bridgehead atoms. The Morgan fingerprint density at radius 1 is 1.00 bits per heavy atom. The maximum atomic E-state index is 12.9. The summed E-state index contributed by atoms with van der Waals surface area (Å²) in [5.74, 6) is 0.436. The molecule has 0 unspecified atom stereocenters. The topological polar surface area (TPSA) is 51.5 Å². The van der Waals surface area contributed by atoms with Crippen molar-refractivity contribution < 1.29 is 13.9 Å². The highest BCUT2D eigenvalue weighted by molar-refractivity contribution is 6.31. The molecule has 0 fully saturated rings. The Hall–Kier alpha value is -4.02. The van der Waals surface area contributed by atoms with Crippen LogP contribution in [-0.2, 0) is 4.79 Å². The lowest BCUT2D eigenvalue weighted by Crippen LogP contribution is -2.10. The van der Waals surface area contributed by atoms with Crippen LogP contribution in [0.15, 0.2) is 89.6 Å². The Labute approximate surface area is 215 Å². The number of allylic oxidation sites excluding steroid dienone is 1. The summed E-state index contributed by atoms with van der Waals surface area (Å²) < 4.78 is 11.9. The predicted molar refractivity (Wildman–Crippen MR) is 149 cm³/mol. The summed E-state index contributed by atoms with van der Waals surface area (Å²) >= 11 is 6.21. The summed E-state index contributed by atoms with van der Waals surface area (Å²) in [5.41, 5.74) is 5.96. The van der Waals surface area contributed by atoms with Crippen molar-refractivity contribution in [2.75, 3.05) is 11.9 Å². The van der Waals surface area contributed by atoms with Crippen molar-refractivity contribution >= 4 is 50.5 Å². The van der Waals surface area contributed by atoms with E-state index in [4.69, 9.17) is 20.8 Å². The van der Waals surface area contributed by atoms with E-state index in [-0.39, 0.29) is 5.91 Å². The quantitative estimate of drug-likeness (QED) is 0.240. The molecule has 0 saturated carbocycles. The molecule has 1 aromatic heterocycles. The van der Waals surface area contributed by atoms with E-state index < -0.39 is 0 Å². The van der Waals surface area contributed by atoms with E-state index >= 15 is 0 Å². The van der Waals surface area contributed by atoms with Gasteiger partial charge in [-0.25, -0.2) is 0 Å². The standard InChI is InChI=1S/C31H26ClNO3/c1-4-35-29-17-30-25(26(18-36-30)23-12-7-10-21-9-5-6-11-22(21)23)16-24(29)19(2)15-31(34)33-28-14-8-13-27(32)20(28)3/h5-18H,4H2,1-3H3,(H,33,34)/b19-15+. The number of amides is 1. The number of fused-ring (bicyclic) bond motifs is 2. The Balaban J connectivity index is 1.58. The molecule has 0 aliphatic carbocycles. The van der Waals surface area contributed by atoms with Crippen LogP contribution in [-0.4, -0.2) is 12.5 Å². The van der Waals surface area contributed by atoms with E-state index in [1.165, 1.54) is 5.39 Å². The van der Waals surface area contributed by atoms with Crippen molar-refractivity contribution in [3.05, 3.63) is 101 Å². The lowest BCUT2D eigenvalue weighted by atomic mass is 9.96. The van der Waals surface area contributed by atoms with Crippen LogP contribution in [0.4, 0.5) is 5.69 Å². The van der Waals surface area contributed by atoms with Crippen LogP contribution >= 0.6 is 11.6 Å². The maximum absolute atomic E-state index is 12.9. The zero-order chi connectivity index (χ0) is 25.2. The zero-order valence-electron chi connectivity index (χ0n) is 20.4. The van der Waals surface area contributed by atoms with Crippen LogP contribution in [0.5, 0.6) is 5.75 Å². The normalized spacial score (nSPS) is 11.7. The van der Waals surface area contributed by atoms with Gasteiger partial charge in [-0.15, -0.1) is 0 Å². The second-order valence-corrected chi connectivity index (χ2v) is 9.09. The molecule has 0 atom stereocenters. The number of furan rings is 1. The van der Waals surface area contributed by atoms with E-state index in [0.717, 1.165) is 44.2 Å². The summed E-state index contributed by atoms with van der Waals surface area (Å²) in [6.45, 7) is 6.22. The number of ether oxygens (including phenoxy) is 1. The van der Waals surface area contributed by atoms with Gasteiger partial charge < -0.3 is 14.5 Å². The van der Waals surface area contributed by atoms with Gasteiger partial charge in [0, 0.05) is 39.4 Å². The average Bonchev–Trinajstić information content (AvgIpc) is 3.28. The minimum absolute atomic E-state index is 0.234. The fourth-order valence-electron chi connectivity index (χ4n) is 4.49. The number of hydrogen-bond donors (Lipinski definition) is 1. The van der Waals surface area contributed by atoms with E-state index in [2.05, 4.69) is 35.6 Å². The molecule has 0 saturated heterocycles. The van der Waals surface area contributed by atoms with Gasteiger partial charge in [0.05, 0.1) is 12.9 Å². The molecule has 36 heavy (non-hydrogen) atoms. The van der Waals surface area contributed by atoms with Gasteiger partial charge in [0.25, 0.3) is 0 Å². The third-order valence-corrected chi connectivity index (χ3v) is 6.76. The molecule has 5 heteroatoms. The molecule has 1 heterocycles. The van der Waals surface area contributed by atoms with Crippen molar-refractivity contribution in [3.8, 4) is 16.9 Å². The van der Waals surface area contributed by atoms with Gasteiger partial charge in [-0.1, -0.05) is 60.1 Å². The smallest absolute Gasteiger partial charge is 0.248 e. The number of carbonyl (C=O) groups excluding carboxylic acids is 1. The molecule has 180 valence electrons. The first-order valence-electron chi connectivity index (χ1n) is 11.9. The molecule has 4 nitrogen and oxygen atoms in total. The zero-order valence-corrected chi connectivity index (χ0v) is 21.1.